The standard InChI is InChI=1S/C37H63NO5S/c1-3-5-7-9-11-13-14-15-16-17-18-19-20-21-22-23-24-25-27-29-31-33-37(40)38-35(34-44(41,42)43)36(39)32-30-28-26-12-10-8-6-4-2/h5,7,10-13,15-16,18-19,30,32,35-36,39H,3-4,6,8-9,14,17,20-29,31,33-34H2,1-2H3,(H,38,40)(H,41,42,43)/b7-5-,12-10+,13-11-,16-15-,19-18-,32-30+. The van der Waals surface area contributed by atoms with Crippen molar-refractivity contribution in [3.8, 4) is 0 Å². The molecule has 0 rings (SSSR count). The first-order valence-corrected chi connectivity index (χ1v) is 18.7. The van der Waals surface area contributed by atoms with Crippen LogP contribution in [0.1, 0.15) is 136 Å². The van der Waals surface area contributed by atoms with Gasteiger partial charge in [0.1, 0.15) is 0 Å². The highest BCUT2D eigenvalue weighted by Gasteiger charge is 2.24. The maximum absolute atomic E-state index is 12.4. The van der Waals surface area contributed by atoms with Gasteiger partial charge in [0.05, 0.1) is 17.9 Å². The molecule has 2 atom stereocenters. The minimum absolute atomic E-state index is 0.274. The lowest BCUT2D eigenvalue weighted by Crippen LogP contribution is -2.46. The van der Waals surface area contributed by atoms with E-state index in [1.807, 2.05) is 0 Å². The van der Waals surface area contributed by atoms with Crippen LogP contribution < -0.4 is 5.32 Å². The summed E-state index contributed by atoms with van der Waals surface area (Å²) in [6.07, 6.45) is 43.3. The highest BCUT2D eigenvalue weighted by atomic mass is 32.2. The van der Waals surface area contributed by atoms with Crippen molar-refractivity contribution in [2.45, 2.75) is 148 Å². The van der Waals surface area contributed by atoms with Crippen LogP contribution in [-0.2, 0) is 14.9 Å². The van der Waals surface area contributed by atoms with Crippen molar-refractivity contribution in [3.63, 3.8) is 0 Å². The number of unbranched alkanes of at least 4 members (excludes halogenated alkanes) is 11. The number of nitrogens with one attached hydrogen (secondary N) is 1. The minimum atomic E-state index is -4.35. The van der Waals surface area contributed by atoms with Gasteiger partial charge in [-0.3, -0.25) is 9.35 Å². The number of rotatable bonds is 29. The van der Waals surface area contributed by atoms with Crippen molar-refractivity contribution < 1.29 is 22.9 Å². The van der Waals surface area contributed by atoms with E-state index in [9.17, 15) is 22.9 Å². The first-order chi connectivity index (χ1) is 21.3. The number of carbonyl (C=O) groups excluding carboxylic acids is 1. The molecule has 1 amide bonds. The Morgan fingerprint density at radius 3 is 1.70 bits per heavy atom. The van der Waals surface area contributed by atoms with Gasteiger partial charge in [0.15, 0.2) is 0 Å². The second kappa shape index (κ2) is 30.8. The largest absolute Gasteiger partial charge is 0.387 e. The molecule has 6 nitrogen and oxygen atoms in total. The summed E-state index contributed by atoms with van der Waals surface area (Å²) in [7, 11) is -4.35. The summed E-state index contributed by atoms with van der Waals surface area (Å²) in [5, 5.41) is 13.0. The lowest BCUT2D eigenvalue weighted by Gasteiger charge is -2.21. The van der Waals surface area contributed by atoms with Crippen molar-refractivity contribution in [1.29, 1.82) is 0 Å². The third kappa shape index (κ3) is 31.2. The molecule has 2 unspecified atom stereocenters. The molecule has 252 valence electrons. The summed E-state index contributed by atoms with van der Waals surface area (Å²) in [6, 6.07) is -1.08. The molecule has 0 aliphatic heterocycles. The Bertz CT molecular complexity index is 962. The van der Waals surface area contributed by atoms with Crippen LogP contribution in [0.3, 0.4) is 0 Å². The zero-order chi connectivity index (χ0) is 32.6. The molecular weight excluding hydrogens is 570 g/mol. The average molecular weight is 634 g/mol. The summed E-state index contributed by atoms with van der Waals surface area (Å²) >= 11 is 0. The van der Waals surface area contributed by atoms with E-state index >= 15 is 0 Å². The highest BCUT2D eigenvalue weighted by molar-refractivity contribution is 7.85. The Hall–Kier alpha value is -2.22. The zero-order valence-electron chi connectivity index (χ0n) is 27.8. The van der Waals surface area contributed by atoms with Crippen LogP contribution >= 0.6 is 0 Å². The molecule has 0 aromatic carbocycles. The maximum Gasteiger partial charge on any atom is 0.267 e. The molecule has 7 heteroatoms. The first-order valence-electron chi connectivity index (χ1n) is 17.1. The number of aliphatic hydroxyl groups excluding tert-OH is 1. The summed E-state index contributed by atoms with van der Waals surface area (Å²) in [4.78, 5) is 12.4. The van der Waals surface area contributed by atoms with Crippen LogP contribution in [0.15, 0.2) is 72.9 Å². The first kappa shape index (κ1) is 41.8. The summed E-state index contributed by atoms with van der Waals surface area (Å²) in [5.74, 6) is -1.02. The Kier molecular flexibility index (Phi) is 29.2. The van der Waals surface area contributed by atoms with E-state index in [0.29, 0.717) is 12.8 Å². The third-order valence-corrected chi connectivity index (χ3v) is 7.90. The van der Waals surface area contributed by atoms with Gasteiger partial charge in [-0.1, -0.05) is 138 Å². The number of hydrogen-bond donors (Lipinski definition) is 3. The minimum Gasteiger partial charge on any atom is -0.387 e. The van der Waals surface area contributed by atoms with E-state index in [1.165, 1.54) is 31.8 Å². The van der Waals surface area contributed by atoms with E-state index in [2.05, 4.69) is 79.9 Å². The Morgan fingerprint density at radius 1 is 0.636 bits per heavy atom. The quantitative estimate of drug-likeness (QED) is 0.0432. The number of carbonyl (C=O) groups is 1. The summed E-state index contributed by atoms with van der Waals surface area (Å²) in [6.45, 7) is 4.30. The number of aliphatic hydroxyl groups is 1. The molecule has 3 N–H and O–H groups in total. The van der Waals surface area contributed by atoms with Crippen LogP contribution in [0, 0.1) is 0 Å². The van der Waals surface area contributed by atoms with Crippen LogP contribution in [0.5, 0.6) is 0 Å². The fourth-order valence-corrected chi connectivity index (χ4v) is 5.29. The van der Waals surface area contributed by atoms with Crippen molar-refractivity contribution >= 4 is 16.0 Å². The van der Waals surface area contributed by atoms with E-state index < -0.39 is 28.0 Å². The van der Waals surface area contributed by atoms with Gasteiger partial charge in [-0.2, -0.15) is 8.42 Å². The van der Waals surface area contributed by atoms with Gasteiger partial charge in [0.25, 0.3) is 10.1 Å². The molecule has 0 fully saturated rings. The Labute approximate surface area is 270 Å². The fourth-order valence-electron chi connectivity index (χ4n) is 4.56. The number of hydrogen-bond acceptors (Lipinski definition) is 4. The topological polar surface area (TPSA) is 104 Å². The lowest BCUT2D eigenvalue weighted by atomic mass is 10.1. The zero-order valence-corrected chi connectivity index (χ0v) is 28.6. The van der Waals surface area contributed by atoms with Crippen molar-refractivity contribution in [2.24, 2.45) is 0 Å². The molecule has 0 saturated carbocycles. The predicted octanol–water partition coefficient (Wildman–Crippen LogP) is 9.51. The van der Waals surface area contributed by atoms with Crippen LogP contribution in [0.4, 0.5) is 0 Å². The van der Waals surface area contributed by atoms with Crippen LogP contribution in [0.2, 0.25) is 0 Å². The Morgan fingerprint density at radius 2 is 1.11 bits per heavy atom. The molecule has 0 radical (unpaired) electrons. The molecule has 0 aromatic heterocycles. The van der Waals surface area contributed by atoms with Gasteiger partial charge < -0.3 is 10.4 Å². The second-order valence-electron chi connectivity index (χ2n) is 11.4. The van der Waals surface area contributed by atoms with Gasteiger partial charge in [0, 0.05) is 6.42 Å². The van der Waals surface area contributed by atoms with Crippen molar-refractivity contribution in [2.75, 3.05) is 5.75 Å². The van der Waals surface area contributed by atoms with Gasteiger partial charge in [-0.25, -0.2) is 0 Å². The molecular formula is C37H63NO5S. The summed E-state index contributed by atoms with van der Waals surface area (Å²) < 4.78 is 32.2. The predicted molar refractivity (Wildman–Crippen MR) is 188 cm³/mol. The van der Waals surface area contributed by atoms with E-state index in [1.54, 1.807) is 6.08 Å². The van der Waals surface area contributed by atoms with Gasteiger partial charge in [-0.05, 0) is 64.2 Å². The molecule has 0 aliphatic rings. The van der Waals surface area contributed by atoms with E-state index in [-0.39, 0.29) is 12.3 Å². The molecule has 0 spiro atoms. The lowest BCUT2D eigenvalue weighted by molar-refractivity contribution is -0.122. The molecule has 0 saturated heterocycles. The van der Waals surface area contributed by atoms with Gasteiger partial charge >= 0.3 is 0 Å². The van der Waals surface area contributed by atoms with Gasteiger partial charge in [-0.15, -0.1) is 0 Å². The third-order valence-electron chi connectivity index (χ3n) is 7.12. The average Bonchev–Trinajstić information content (AvgIpc) is 2.98. The maximum atomic E-state index is 12.4. The normalized spacial score (nSPS) is 14.4. The molecule has 0 heterocycles. The van der Waals surface area contributed by atoms with E-state index in [0.717, 1.165) is 77.0 Å². The highest BCUT2D eigenvalue weighted by Crippen LogP contribution is 2.12. The fraction of sp³-hybridized carbons (Fsp3) is 0.649. The van der Waals surface area contributed by atoms with Crippen molar-refractivity contribution in [1.82, 2.24) is 5.32 Å². The van der Waals surface area contributed by atoms with Crippen LogP contribution in [-0.4, -0.2) is 41.9 Å². The molecule has 0 aromatic rings. The van der Waals surface area contributed by atoms with Crippen molar-refractivity contribution in [3.05, 3.63) is 72.9 Å². The smallest absolute Gasteiger partial charge is 0.267 e. The van der Waals surface area contributed by atoms with Gasteiger partial charge in [0.2, 0.25) is 5.91 Å². The van der Waals surface area contributed by atoms with Crippen LogP contribution in [0.25, 0.3) is 0 Å². The number of allylic oxidation sites excluding steroid dienone is 11. The molecule has 44 heavy (non-hydrogen) atoms. The SMILES string of the molecule is CC/C=C\C/C=C\C/C=C\C/C=C\CCCCCCCCCCC(=O)NC(CS(=O)(=O)O)C(O)/C=C/CC/C=C/CCCC. The summed E-state index contributed by atoms with van der Waals surface area (Å²) in [5.41, 5.74) is 0. The molecule has 0 aliphatic carbocycles. The molecule has 0 bridgehead atoms. The monoisotopic (exact) mass is 633 g/mol. The Balaban J connectivity index is 3.96. The number of amides is 1. The second-order valence-corrected chi connectivity index (χ2v) is 12.9. The van der Waals surface area contributed by atoms with E-state index in [4.69, 9.17) is 0 Å².